The Bertz CT molecular complexity index is 391. The first-order valence-corrected chi connectivity index (χ1v) is 9.17. The van der Waals surface area contributed by atoms with Crippen LogP contribution < -0.4 is 0 Å². The van der Waals surface area contributed by atoms with Crippen molar-refractivity contribution in [2.24, 2.45) is 5.92 Å². The minimum atomic E-state index is -4.19. The first-order valence-electron chi connectivity index (χ1n) is 7.88. The largest absolute Gasteiger partial charge is 0.393 e. The van der Waals surface area contributed by atoms with Crippen molar-refractivity contribution in [3.63, 3.8) is 0 Å². The van der Waals surface area contributed by atoms with E-state index < -0.39 is 12.1 Å². The summed E-state index contributed by atoms with van der Waals surface area (Å²) in [6.45, 7) is 0.516. The Hall–Kier alpha value is -0.430. The van der Waals surface area contributed by atoms with Crippen molar-refractivity contribution >= 4 is 17.7 Å². The summed E-state index contributed by atoms with van der Waals surface area (Å²) in [6, 6.07) is 0.379. The Labute approximate surface area is 134 Å². The van der Waals surface area contributed by atoms with Crippen molar-refractivity contribution < 1.29 is 18.0 Å². The summed E-state index contributed by atoms with van der Waals surface area (Å²) in [5, 5.41) is 0.646. The first kappa shape index (κ1) is 17.9. The molecule has 0 unspecified atom stereocenters. The molecule has 3 nitrogen and oxygen atoms in total. The molecule has 2 rings (SSSR count). The lowest BCUT2D eigenvalue weighted by molar-refractivity contribution is -0.188. The predicted molar refractivity (Wildman–Crippen MR) is 82.9 cm³/mol. The highest BCUT2D eigenvalue weighted by Gasteiger charge is 2.42. The quantitative estimate of drug-likeness (QED) is 0.787. The molecule has 0 bridgehead atoms. The Balaban J connectivity index is 1.84. The van der Waals surface area contributed by atoms with Gasteiger partial charge in [0.2, 0.25) is 5.91 Å². The fourth-order valence-corrected chi connectivity index (χ4v) is 4.23. The first-order chi connectivity index (χ1) is 10.3. The summed E-state index contributed by atoms with van der Waals surface area (Å²) in [4.78, 5) is 15.7. The fourth-order valence-electron chi connectivity index (χ4n) is 3.45. The van der Waals surface area contributed by atoms with Crippen LogP contribution in [0.2, 0.25) is 0 Å². The smallest absolute Gasteiger partial charge is 0.341 e. The molecule has 2 aliphatic rings. The molecule has 1 saturated heterocycles. The van der Waals surface area contributed by atoms with Gasteiger partial charge in [0.1, 0.15) is 0 Å². The van der Waals surface area contributed by atoms with Crippen LogP contribution >= 0.6 is 11.8 Å². The van der Waals surface area contributed by atoms with Crippen LogP contribution in [-0.4, -0.2) is 66.1 Å². The van der Waals surface area contributed by atoms with Crippen molar-refractivity contribution in [1.29, 1.82) is 0 Å². The van der Waals surface area contributed by atoms with Crippen LogP contribution in [0.3, 0.4) is 0 Å². The Morgan fingerprint density at radius 1 is 1.32 bits per heavy atom. The lowest BCUT2D eigenvalue weighted by atomic mass is 9.97. The van der Waals surface area contributed by atoms with Crippen LogP contribution in [0.5, 0.6) is 0 Å². The molecule has 0 N–H and O–H groups in total. The molecule has 7 heteroatoms. The standard InChI is InChI=1S/C15H25F3N2OS/c1-19(12-5-6-13(8-12)22-2)10-14(21)20-7-3-4-11(9-20)15(16,17)18/h11-13H,3-10H2,1-2H3/t11-,12+,13-/m1/s1. The van der Waals surface area contributed by atoms with Crippen molar-refractivity contribution in [2.45, 2.75) is 49.6 Å². The minimum Gasteiger partial charge on any atom is -0.341 e. The summed E-state index contributed by atoms with van der Waals surface area (Å²) in [5.74, 6) is -1.52. The van der Waals surface area contributed by atoms with Gasteiger partial charge in [-0.2, -0.15) is 24.9 Å². The minimum absolute atomic E-state index is 0.140. The second-order valence-corrected chi connectivity index (χ2v) is 7.60. The number of carbonyl (C=O) groups excluding carboxylic acids is 1. The molecule has 1 saturated carbocycles. The van der Waals surface area contributed by atoms with E-state index >= 15 is 0 Å². The van der Waals surface area contributed by atoms with E-state index in [9.17, 15) is 18.0 Å². The number of halogens is 3. The third-order valence-corrected chi connectivity index (χ3v) is 6.03. The van der Waals surface area contributed by atoms with Gasteiger partial charge in [-0.3, -0.25) is 9.69 Å². The highest BCUT2D eigenvalue weighted by atomic mass is 32.2. The van der Waals surface area contributed by atoms with E-state index in [1.54, 1.807) is 0 Å². The van der Waals surface area contributed by atoms with Crippen LogP contribution in [0.4, 0.5) is 13.2 Å². The number of likely N-dealkylation sites (N-methyl/N-ethyl adjacent to an activating group) is 1. The zero-order valence-electron chi connectivity index (χ0n) is 13.2. The average molecular weight is 338 g/mol. The molecule has 3 atom stereocenters. The van der Waals surface area contributed by atoms with Crippen molar-refractivity contribution in [2.75, 3.05) is 32.9 Å². The molecule has 1 heterocycles. The molecule has 0 aromatic carbocycles. The summed E-state index contributed by atoms with van der Waals surface area (Å²) in [7, 11) is 1.91. The maximum Gasteiger partial charge on any atom is 0.393 e. The number of hydrogen-bond acceptors (Lipinski definition) is 3. The topological polar surface area (TPSA) is 23.6 Å². The van der Waals surface area contributed by atoms with E-state index in [2.05, 4.69) is 6.26 Å². The molecule has 1 amide bonds. The van der Waals surface area contributed by atoms with Gasteiger partial charge in [0.25, 0.3) is 0 Å². The lowest BCUT2D eigenvalue weighted by Gasteiger charge is -2.35. The summed E-state index contributed by atoms with van der Waals surface area (Å²) < 4.78 is 38.5. The van der Waals surface area contributed by atoms with Crippen LogP contribution in [0.1, 0.15) is 32.1 Å². The molecular weight excluding hydrogens is 313 g/mol. The van der Waals surface area contributed by atoms with E-state index in [0.29, 0.717) is 24.3 Å². The van der Waals surface area contributed by atoms with Crippen molar-refractivity contribution in [1.82, 2.24) is 9.80 Å². The third-order valence-electron chi connectivity index (χ3n) is 4.94. The SMILES string of the molecule is CS[C@@H]1CC[C@H](N(C)CC(=O)N2CCC[C@@H](C(F)(F)F)C2)C1. The maximum absolute atomic E-state index is 12.8. The molecule has 128 valence electrons. The third kappa shape index (κ3) is 4.54. The monoisotopic (exact) mass is 338 g/mol. The lowest BCUT2D eigenvalue weighted by Crippen LogP contribution is -2.48. The number of rotatable bonds is 4. The van der Waals surface area contributed by atoms with Crippen LogP contribution in [0, 0.1) is 5.92 Å². The van der Waals surface area contributed by atoms with Crippen LogP contribution in [0.15, 0.2) is 0 Å². The molecular formula is C15H25F3N2OS. The highest BCUT2D eigenvalue weighted by molar-refractivity contribution is 7.99. The summed E-state index contributed by atoms with van der Waals surface area (Å²) in [5.41, 5.74) is 0. The summed E-state index contributed by atoms with van der Waals surface area (Å²) >= 11 is 1.86. The van der Waals surface area contributed by atoms with Gasteiger partial charge in [-0.05, 0) is 45.4 Å². The number of likely N-dealkylation sites (tertiary alicyclic amines) is 1. The molecule has 1 aliphatic heterocycles. The second-order valence-electron chi connectivity index (χ2n) is 6.46. The maximum atomic E-state index is 12.8. The average Bonchev–Trinajstić information content (AvgIpc) is 2.95. The van der Waals surface area contributed by atoms with Gasteiger partial charge in [-0.1, -0.05) is 0 Å². The number of nitrogens with zero attached hydrogens (tertiary/aromatic N) is 2. The normalized spacial score (nSPS) is 30.1. The van der Waals surface area contributed by atoms with Gasteiger partial charge in [0.15, 0.2) is 0 Å². The van der Waals surface area contributed by atoms with E-state index in [-0.39, 0.29) is 25.4 Å². The van der Waals surface area contributed by atoms with Gasteiger partial charge < -0.3 is 4.90 Å². The van der Waals surface area contributed by atoms with Gasteiger partial charge in [0, 0.05) is 24.4 Å². The Kier molecular flexibility index (Phi) is 6.05. The van der Waals surface area contributed by atoms with E-state index in [1.165, 1.54) is 4.90 Å². The van der Waals surface area contributed by atoms with Gasteiger partial charge in [0.05, 0.1) is 12.5 Å². The van der Waals surface area contributed by atoms with Crippen molar-refractivity contribution in [3.05, 3.63) is 0 Å². The van der Waals surface area contributed by atoms with Gasteiger partial charge in [-0.15, -0.1) is 0 Å². The van der Waals surface area contributed by atoms with Crippen molar-refractivity contribution in [3.8, 4) is 0 Å². The zero-order chi connectivity index (χ0) is 16.3. The molecule has 1 aliphatic carbocycles. The zero-order valence-corrected chi connectivity index (χ0v) is 14.1. The van der Waals surface area contributed by atoms with E-state index in [0.717, 1.165) is 19.3 Å². The number of hydrogen-bond donors (Lipinski definition) is 0. The Morgan fingerprint density at radius 3 is 2.64 bits per heavy atom. The fraction of sp³-hybridized carbons (Fsp3) is 0.933. The molecule has 22 heavy (non-hydrogen) atoms. The predicted octanol–water partition coefficient (Wildman–Crippen LogP) is 3.00. The number of piperidine rings is 1. The molecule has 2 fully saturated rings. The molecule has 0 radical (unpaired) electrons. The van der Waals surface area contributed by atoms with E-state index in [4.69, 9.17) is 0 Å². The number of alkyl halides is 3. The summed E-state index contributed by atoms with van der Waals surface area (Å²) in [6.07, 6.45) is 1.78. The molecule has 0 spiro atoms. The number of amides is 1. The van der Waals surface area contributed by atoms with Gasteiger partial charge in [-0.25, -0.2) is 0 Å². The Morgan fingerprint density at radius 2 is 2.05 bits per heavy atom. The highest BCUT2D eigenvalue weighted by Crippen LogP contribution is 2.33. The van der Waals surface area contributed by atoms with E-state index in [1.807, 2.05) is 23.7 Å². The molecule has 0 aromatic heterocycles. The number of carbonyl (C=O) groups is 1. The second kappa shape index (κ2) is 7.43. The van der Waals surface area contributed by atoms with Crippen LogP contribution in [-0.2, 0) is 4.79 Å². The van der Waals surface area contributed by atoms with Crippen LogP contribution in [0.25, 0.3) is 0 Å². The van der Waals surface area contributed by atoms with Gasteiger partial charge >= 0.3 is 6.18 Å². The molecule has 0 aromatic rings. The number of thioether (sulfide) groups is 1.